The van der Waals surface area contributed by atoms with Crippen LogP contribution in [0.5, 0.6) is 5.75 Å². The third kappa shape index (κ3) is 2.21. The molecule has 0 saturated carbocycles. The number of aromatic hydroxyl groups is 1. The predicted molar refractivity (Wildman–Crippen MR) is 36.7 cm³/mol. The second-order valence-electron chi connectivity index (χ2n) is 1.34. The first-order valence-electron chi connectivity index (χ1n) is 2.13. The summed E-state index contributed by atoms with van der Waals surface area (Å²) in [5.74, 6) is 0.322. The molecule has 0 fully saturated rings. The fraction of sp³-hybridized carbons (Fsp3) is 0. The van der Waals surface area contributed by atoms with Gasteiger partial charge in [-0.2, -0.15) is 0 Å². The average molecular weight is 215 g/mol. The zero-order valence-corrected chi connectivity index (χ0v) is 8.58. The van der Waals surface area contributed by atoms with E-state index in [0.29, 0.717) is 5.75 Å². The second kappa shape index (κ2) is 3.78. The summed E-state index contributed by atoms with van der Waals surface area (Å²) in [5.41, 5.74) is 0. The third-order valence-corrected chi connectivity index (χ3v) is 0.756. The molecule has 0 amide bonds. The van der Waals surface area contributed by atoms with Gasteiger partial charge < -0.3 is 5.11 Å². The van der Waals surface area contributed by atoms with Gasteiger partial charge in [0.2, 0.25) is 0 Å². The molecule has 42 valence electrons. The van der Waals surface area contributed by atoms with Gasteiger partial charge in [0, 0.05) is 0 Å². The fourth-order valence-electron chi connectivity index (χ4n) is 0.428. The van der Waals surface area contributed by atoms with E-state index in [1.807, 2.05) is 6.07 Å². The van der Waals surface area contributed by atoms with Crippen molar-refractivity contribution in [1.29, 1.82) is 0 Å². The zero-order valence-electron chi connectivity index (χ0n) is 4.54. The fourth-order valence-corrected chi connectivity index (χ4v) is 0.428. The van der Waals surface area contributed by atoms with Crippen molar-refractivity contribution >= 4 is 23.9 Å². The molecule has 0 heterocycles. The number of rotatable bonds is 0. The van der Waals surface area contributed by atoms with E-state index in [1.54, 1.807) is 24.3 Å². The summed E-state index contributed by atoms with van der Waals surface area (Å²) in [6.07, 6.45) is 0. The maximum absolute atomic E-state index is 8.63. The number of hydrogen-bond donors (Lipinski definition) is 1. The molecular formula is C6H8OSn. The van der Waals surface area contributed by atoms with E-state index < -0.39 is 0 Å². The van der Waals surface area contributed by atoms with Crippen LogP contribution in [-0.4, -0.2) is 29.0 Å². The van der Waals surface area contributed by atoms with Crippen molar-refractivity contribution < 1.29 is 5.11 Å². The molecule has 1 aromatic rings. The molecule has 0 saturated heterocycles. The Morgan fingerprint density at radius 1 is 1.00 bits per heavy atom. The van der Waals surface area contributed by atoms with E-state index in [0.717, 1.165) is 0 Å². The number of benzene rings is 1. The van der Waals surface area contributed by atoms with Crippen molar-refractivity contribution in [3.05, 3.63) is 30.3 Å². The van der Waals surface area contributed by atoms with E-state index in [2.05, 4.69) is 0 Å². The summed E-state index contributed by atoms with van der Waals surface area (Å²) < 4.78 is 0. The van der Waals surface area contributed by atoms with E-state index in [4.69, 9.17) is 5.11 Å². The summed E-state index contributed by atoms with van der Waals surface area (Å²) in [7, 11) is 0. The molecule has 0 spiro atoms. The first-order valence-corrected chi connectivity index (χ1v) is 2.13. The Bertz CT molecular complexity index is 138. The topological polar surface area (TPSA) is 20.2 Å². The Morgan fingerprint density at radius 2 is 1.50 bits per heavy atom. The summed E-state index contributed by atoms with van der Waals surface area (Å²) >= 11 is 0. The molecule has 1 rings (SSSR count). The monoisotopic (exact) mass is 216 g/mol. The molecule has 2 radical (unpaired) electrons. The quantitative estimate of drug-likeness (QED) is 0.623. The number of hydrogen-bond acceptors (Lipinski definition) is 1. The van der Waals surface area contributed by atoms with Crippen LogP contribution in [0.1, 0.15) is 0 Å². The summed E-state index contributed by atoms with van der Waals surface area (Å²) in [6.45, 7) is 0. The van der Waals surface area contributed by atoms with Crippen molar-refractivity contribution in [3.8, 4) is 5.75 Å². The molecule has 0 atom stereocenters. The van der Waals surface area contributed by atoms with Crippen LogP contribution in [0.25, 0.3) is 0 Å². The van der Waals surface area contributed by atoms with Gasteiger partial charge in [0.25, 0.3) is 0 Å². The van der Waals surface area contributed by atoms with E-state index in [-0.39, 0.29) is 23.9 Å². The molecule has 0 aromatic heterocycles. The second-order valence-corrected chi connectivity index (χ2v) is 1.34. The normalized spacial score (nSPS) is 7.50. The molecule has 0 unspecified atom stereocenters. The summed E-state index contributed by atoms with van der Waals surface area (Å²) in [5, 5.41) is 8.63. The molecular weight excluding hydrogens is 207 g/mol. The Balaban J connectivity index is 0.000000490. The minimum atomic E-state index is 0. The van der Waals surface area contributed by atoms with Crippen LogP contribution in [0.3, 0.4) is 0 Å². The molecule has 0 aliphatic heterocycles. The number of phenolic OH excluding ortho intramolecular Hbond substituents is 1. The Morgan fingerprint density at radius 3 is 1.75 bits per heavy atom. The van der Waals surface area contributed by atoms with Gasteiger partial charge in [0.1, 0.15) is 5.75 Å². The van der Waals surface area contributed by atoms with E-state index in [1.165, 1.54) is 0 Å². The maximum atomic E-state index is 8.63. The summed E-state index contributed by atoms with van der Waals surface area (Å²) in [4.78, 5) is 0. The van der Waals surface area contributed by atoms with Crippen LogP contribution < -0.4 is 0 Å². The molecule has 0 aliphatic rings. The van der Waals surface area contributed by atoms with Crippen LogP contribution in [0.15, 0.2) is 30.3 Å². The molecule has 8 heavy (non-hydrogen) atoms. The first kappa shape index (κ1) is 7.82. The molecule has 1 nitrogen and oxygen atoms in total. The van der Waals surface area contributed by atoms with Gasteiger partial charge in [-0.05, 0) is 12.1 Å². The van der Waals surface area contributed by atoms with Crippen molar-refractivity contribution in [1.82, 2.24) is 0 Å². The van der Waals surface area contributed by atoms with Gasteiger partial charge in [-0.15, -0.1) is 0 Å². The molecule has 1 aromatic carbocycles. The van der Waals surface area contributed by atoms with Gasteiger partial charge in [-0.1, -0.05) is 18.2 Å². The van der Waals surface area contributed by atoms with Gasteiger partial charge >= 0.3 is 23.9 Å². The van der Waals surface area contributed by atoms with E-state index in [9.17, 15) is 0 Å². The summed E-state index contributed by atoms with van der Waals surface area (Å²) in [6, 6.07) is 8.71. The Labute approximate surface area is 65.3 Å². The Hall–Kier alpha value is -0.181. The Kier molecular flexibility index (Phi) is 3.69. The van der Waals surface area contributed by atoms with Crippen LogP contribution in [0.2, 0.25) is 0 Å². The molecule has 1 N–H and O–H groups in total. The third-order valence-electron chi connectivity index (χ3n) is 0.756. The number of phenols is 1. The molecule has 0 bridgehead atoms. The van der Waals surface area contributed by atoms with Gasteiger partial charge in [0.05, 0.1) is 0 Å². The SMILES string of the molecule is Oc1ccccc1.[SnH2]. The van der Waals surface area contributed by atoms with Crippen LogP contribution >= 0.6 is 0 Å². The number of para-hydroxylation sites is 1. The minimum absolute atomic E-state index is 0. The van der Waals surface area contributed by atoms with Gasteiger partial charge in [-0.25, -0.2) is 0 Å². The van der Waals surface area contributed by atoms with Crippen LogP contribution in [0, 0.1) is 0 Å². The van der Waals surface area contributed by atoms with E-state index >= 15 is 0 Å². The van der Waals surface area contributed by atoms with Crippen LogP contribution in [-0.2, 0) is 0 Å². The molecule has 0 aliphatic carbocycles. The van der Waals surface area contributed by atoms with Crippen molar-refractivity contribution in [2.75, 3.05) is 0 Å². The molecule has 2 heteroatoms. The first-order chi connectivity index (χ1) is 3.39. The average Bonchev–Trinajstić information content (AvgIpc) is 1.69. The van der Waals surface area contributed by atoms with Crippen molar-refractivity contribution in [3.63, 3.8) is 0 Å². The van der Waals surface area contributed by atoms with Crippen molar-refractivity contribution in [2.45, 2.75) is 0 Å². The predicted octanol–water partition coefficient (Wildman–Crippen LogP) is 0.476. The van der Waals surface area contributed by atoms with Gasteiger partial charge in [-0.3, -0.25) is 0 Å². The standard InChI is InChI=1S/C6H6O.Sn.2H/c7-6-4-2-1-3-5-6;;;/h1-5,7H;;;. The zero-order chi connectivity index (χ0) is 5.11. The van der Waals surface area contributed by atoms with Crippen LogP contribution in [0.4, 0.5) is 0 Å². The van der Waals surface area contributed by atoms with Gasteiger partial charge in [0.15, 0.2) is 0 Å². The van der Waals surface area contributed by atoms with Crippen molar-refractivity contribution in [2.24, 2.45) is 0 Å².